The van der Waals surface area contributed by atoms with Gasteiger partial charge in [0.05, 0.1) is 22.8 Å². The number of carbonyl (C=O) groups excluding carboxylic acids is 2. The maximum absolute atomic E-state index is 12.3. The molecular formula is C19H17N3O4S. The second-order valence-corrected chi connectivity index (χ2v) is 8.49. The van der Waals surface area contributed by atoms with E-state index in [-0.39, 0.29) is 23.5 Å². The molecule has 0 spiro atoms. The van der Waals surface area contributed by atoms with Gasteiger partial charge < -0.3 is 10.6 Å². The van der Waals surface area contributed by atoms with E-state index in [1.54, 1.807) is 24.3 Å². The van der Waals surface area contributed by atoms with Crippen LogP contribution in [0, 0.1) is 11.3 Å². The number of rotatable bonds is 4. The van der Waals surface area contributed by atoms with Gasteiger partial charge in [0.15, 0.2) is 9.84 Å². The van der Waals surface area contributed by atoms with E-state index in [9.17, 15) is 18.0 Å². The van der Waals surface area contributed by atoms with Crippen LogP contribution in [-0.2, 0) is 9.84 Å². The number of anilines is 1. The Labute approximate surface area is 156 Å². The minimum atomic E-state index is -3.07. The molecule has 1 atom stereocenters. The predicted octanol–water partition coefficient (Wildman–Crippen LogP) is 1.73. The maximum atomic E-state index is 12.3. The monoisotopic (exact) mass is 383 g/mol. The highest BCUT2D eigenvalue weighted by Gasteiger charge is 2.29. The van der Waals surface area contributed by atoms with Crippen molar-refractivity contribution in [2.45, 2.75) is 12.5 Å². The van der Waals surface area contributed by atoms with Gasteiger partial charge in [0, 0.05) is 17.2 Å². The minimum Gasteiger partial charge on any atom is -0.348 e. The van der Waals surface area contributed by atoms with Gasteiger partial charge in [-0.05, 0) is 42.8 Å². The summed E-state index contributed by atoms with van der Waals surface area (Å²) in [6.45, 7) is 0. The zero-order chi connectivity index (χ0) is 19.4. The van der Waals surface area contributed by atoms with Crippen LogP contribution in [0.15, 0.2) is 48.5 Å². The predicted molar refractivity (Wildman–Crippen MR) is 100 cm³/mol. The van der Waals surface area contributed by atoms with Crippen molar-refractivity contribution in [2.75, 3.05) is 16.8 Å². The average molecular weight is 383 g/mol. The number of nitrogens with one attached hydrogen (secondary N) is 2. The van der Waals surface area contributed by atoms with Crippen LogP contribution in [0.1, 0.15) is 32.7 Å². The van der Waals surface area contributed by atoms with E-state index in [2.05, 4.69) is 10.6 Å². The van der Waals surface area contributed by atoms with Gasteiger partial charge in [0.2, 0.25) is 0 Å². The highest BCUT2D eigenvalue weighted by atomic mass is 32.2. The van der Waals surface area contributed by atoms with Crippen LogP contribution in [0.4, 0.5) is 5.69 Å². The first kappa shape index (κ1) is 18.6. The fourth-order valence-corrected chi connectivity index (χ4v) is 4.51. The van der Waals surface area contributed by atoms with Crippen molar-refractivity contribution < 1.29 is 18.0 Å². The van der Waals surface area contributed by atoms with Crippen LogP contribution in [-0.4, -0.2) is 37.8 Å². The summed E-state index contributed by atoms with van der Waals surface area (Å²) < 4.78 is 22.9. The zero-order valence-electron chi connectivity index (χ0n) is 14.3. The average Bonchev–Trinajstić information content (AvgIpc) is 3.00. The number of hydrogen-bond acceptors (Lipinski definition) is 5. The van der Waals surface area contributed by atoms with Gasteiger partial charge >= 0.3 is 0 Å². The van der Waals surface area contributed by atoms with Gasteiger partial charge in [-0.2, -0.15) is 5.26 Å². The number of amides is 2. The fraction of sp³-hybridized carbons (Fsp3) is 0.211. The molecule has 1 heterocycles. The van der Waals surface area contributed by atoms with Crippen molar-refractivity contribution in [3.63, 3.8) is 0 Å². The van der Waals surface area contributed by atoms with Crippen molar-refractivity contribution in [2.24, 2.45) is 0 Å². The molecule has 7 nitrogen and oxygen atoms in total. The lowest BCUT2D eigenvalue weighted by Gasteiger charge is -2.11. The Kier molecular flexibility index (Phi) is 5.23. The highest BCUT2D eigenvalue weighted by molar-refractivity contribution is 7.91. The summed E-state index contributed by atoms with van der Waals surface area (Å²) in [5.41, 5.74) is 1.44. The summed E-state index contributed by atoms with van der Waals surface area (Å²) in [4.78, 5) is 24.6. The van der Waals surface area contributed by atoms with Crippen LogP contribution in [0.5, 0.6) is 0 Å². The molecule has 138 valence electrons. The molecule has 1 fully saturated rings. The smallest absolute Gasteiger partial charge is 0.255 e. The van der Waals surface area contributed by atoms with Crippen molar-refractivity contribution in [1.29, 1.82) is 5.26 Å². The molecule has 1 aliphatic heterocycles. The summed E-state index contributed by atoms with van der Waals surface area (Å²) in [6, 6.07) is 14.3. The largest absolute Gasteiger partial charge is 0.348 e. The number of hydrogen-bond donors (Lipinski definition) is 2. The first-order chi connectivity index (χ1) is 12.9. The minimum absolute atomic E-state index is 0.0441. The third kappa shape index (κ3) is 4.51. The van der Waals surface area contributed by atoms with Gasteiger partial charge in [-0.3, -0.25) is 9.59 Å². The number of carbonyl (C=O) groups is 2. The molecule has 1 unspecified atom stereocenters. The van der Waals surface area contributed by atoms with Crippen molar-refractivity contribution in [3.8, 4) is 6.07 Å². The van der Waals surface area contributed by atoms with E-state index < -0.39 is 15.7 Å². The van der Waals surface area contributed by atoms with Crippen molar-refractivity contribution in [3.05, 3.63) is 65.2 Å². The molecule has 1 saturated heterocycles. The van der Waals surface area contributed by atoms with E-state index in [0.717, 1.165) is 0 Å². The number of para-hydroxylation sites is 1. The summed E-state index contributed by atoms with van der Waals surface area (Å²) in [6.07, 6.45) is 0.410. The third-order valence-electron chi connectivity index (χ3n) is 4.27. The molecule has 2 amide bonds. The van der Waals surface area contributed by atoms with Crippen LogP contribution in [0.2, 0.25) is 0 Å². The Morgan fingerprint density at radius 1 is 1.00 bits per heavy atom. The lowest BCUT2D eigenvalue weighted by molar-refractivity contribution is 0.0939. The first-order valence-electron chi connectivity index (χ1n) is 8.30. The summed E-state index contributed by atoms with van der Waals surface area (Å²) in [7, 11) is -3.07. The lowest BCUT2D eigenvalue weighted by Crippen LogP contribution is -2.35. The Balaban J connectivity index is 1.65. The van der Waals surface area contributed by atoms with Crippen LogP contribution in [0.25, 0.3) is 0 Å². The highest BCUT2D eigenvalue weighted by Crippen LogP contribution is 2.16. The standard InChI is InChI=1S/C19H17N3O4S/c20-11-15-3-1-2-4-17(15)22-19(24)14-7-5-13(6-8-14)18(23)21-16-9-10-27(25,26)12-16/h1-8,16H,9-10,12H2,(H,21,23)(H,22,24). The number of nitriles is 1. The summed E-state index contributed by atoms with van der Waals surface area (Å²) in [5, 5.41) is 14.4. The van der Waals surface area contributed by atoms with Gasteiger partial charge in [0.1, 0.15) is 6.07 Å². The molecule has 3 rings (SSSR count). The van der Waals surface area contributed by atoms with Crippen LogP contribution < -0.4 is 10.6 Å². The van der Waals surface area contributed by atoms with E-state index in [4.69, 9.17) is 5.26 Å². The zero-order valence-corrected chi connectivity index (χ0v) is 15.1. The van der Waals surface area contributed by atoms with Gasteiger partial charge in [-0.25, -0.2) is 8.42 Å². The van der Waals surface area contributed by atoms with Crippen molar-refractivity contribution >= 4 is 27.3 Å². The summed E-state index contributed by atoms with van der Waals surface area (Å²) >= 11 is 0. The van der Waals surface area contributed by atoms with E-state index in [0.29, 0.717) is 28.8 Å². The Hall–Kier alpha value is -3.18. The SMILES string of the molecule is N#Cc1ccccc1NC(=O)c1ccc(C(=O)NC2CCS(=O)(=O)C2)cc1. The Morgan fingerprint density at radius 3 is 2.22 bits per heavy atom. The Bertz CT molecular complexity index is 1020. The molecule has 0 bridgehead atoms. The molecule has 2 N–H and O–H groups in total. The molecule has 0 aliphatic carbocycles. The van der Waals surface area contributed by atoms with Crippen LogP contribution in [0.3, 0.4) is 0 Å². The molecule has 0 saturated carbocycles. The number of sulfone groups is 1. The maximum Gasteiger partial charge on any atom is 0.255 e. The van der Waals surface area contributed by atoms with Gasteiger partial charge in [-0.15, -0.1) is 0 Å². The fourth-order valence-electron chi connectivity index (χ4n) is 2.83. The second-order valence-electron chi connectivity index (χ2n) is 6.26. The third-order valence-corrected chi connectivity index (χ3v) is 6.04. The quantitative estimate of drug-likeness (QED) is 0.834. The molecule has 1 aliphatic rings. The summed E-state index contributed by atoms with van der Waals surface area (Å²) in [5.74, 6) is -0.732. The first-order valence-corrected chi connectivity index (χ1v) is 10.1. The van der Waals surface area contributed by atoms with Gasteiger partial charge in [-0.1, -0.05) is 12.1 Å². The molecule has 0 radical (unpaired) electrons. The van der Waals surface area contributed by atoms with Crippen molar-refractivity contribution in [1.82, 2.24) is 5.32 Å². The molecule has 2 aromatic rings. The molecule has 2 aromatic carbocycles. The van der Waals surface area contributed by atoms with E-state index in [1.165, 1.54) is 24.3 Å². The molecule has 8 heteroatoms. The topological polar surface area (TPSA) is 116 Å². The Morgan fingerprint density at radius 2 is 1.63 bits per heavy atom. The number of nitrogens with zero attached hydrogens (tertiary/aromatic N) is 1. The normalized spacial score (nSPS) is 17.7. The van der Waals surface area contributed by atoms with Crippen LogP contribution >= 0.6 is 0 Å². The molecule has 0 aromatic heterocycles. The van der Waals surface area contributed by atoms with Gasteiger partial charge in [0.25, 0.3) is 11.8 Å². The van der Waals surface area contributed by atoms with E-state index >= 15 is 0 Å². The molecular weight excluding hydrogens is 366 g/mol. The van der Waals surface area contributed by atoms with E-state index in [1.807, 2.05) is 6.07 Å². The lowest BCUT2D eigenvalue weighted by atomic mass is 10.1. The molecule has 27 heavy (non-hydrogen) atoms. The second kappa shape index (κ2) is 7.60. The number of benzene rings is 2.